The molecule has 0 spiro atoms. The van der Waals surface area contributed by atoms with Gasteiger partial charge in [0, 0.05) is 28.0 Å². The summed E-state index contributed by atoms with van der Waals surface area (Å²) in [6.45, 7) is 5.02. The van der Waals surface area contributed by atoms with Gasteiger partial charge in [0.05, 0.1) is 15.9 Å². The Bertz CT molecular complexity index is 637. The van der Waals surface area contributed by atoms with Crippen molar-refractivity contribution in [3.63, 3.8) is 0 Å². The highest BCUT2D eigenvalue weighted by Gasteiger charge is 2.19. The summed E-state index contributed by atoms with van der Waals surface area (Å²) in [6.07, 6.45) is 0.876. The predicted octanol–water partition coefficient (Wildman–Crippen LogP) is 5.00. The van der Waals surface area contributed by atoms with Crippen molar-refractivity contribution in [3.05, 3.63) is 48.6 Å². The highest BCUT2D eigenvalue weighted by atomic mass is 79.9. The summed E-state index contributed by atoms with van der Waals surface area (Å²) in [5.41, 5.74) is 3.50. The largest absolute Gasteiger partial charge is 0.313 e. The molecule has 2 aromatic rings. The summed E-state index contributed by atoms with van der Waals surface area (Å²) in [4.78, 5) is 0. The summed E-state index contributed by atoms with van der Waals surface area (Å²) < 4.78 is 5.37. The molecule has 0 saturated heterocycles. The van der Waals surface area contributed by atoms with E-state index >= 15 is 0 Å². The Kier molecular flexibility index (Phi) is 6.05. The van der Waals surface area contributed by atoms with Crippen molar-refractivity contribution in [1.29, 1.82) is 0 Å². The second-order valence-electron chi connectivity index (χ2n) is 4.87. The van der Waals surface area contributed by atoms with Crippen LogP contribution < -0.4 is 5.32 Å². The summed E-state index contributed by atoms with van der Waals surface area (Å²) in [5, 5.41) is 7.98. The van der Waals surface area contributed by atoms with Gasteiger partial charge in [-0.1, -0.05) is 31.9 Å². The number of nitrogens with zero attached hydrogens (tertiary/aromatic N) is 2. The Balaban J connectivity index is 2.38. The molecule has 0 saturated carbocycles. The fraction of sp³-hybridized carbons (Fsp3) is 0.400. The molecule has 0 aliphatic carbocycles. The van der Waals surface area contributed by atoms with Crippen molar-refractivity contribution in [2.45, 2.75) is 32.9 Å². The molecule has 114 valence electrons. The van der Waals surface area contributed by atoms with E-state index in [-0.39, 0.29) is 6.04 Å². The van der Waals surface area contributed by atoms with Crippen LogP contribution in [0.15, 0.2) is 31.6 Å². The molecule has 0 fully saturated rings. The Hall–Kier alpha value is -0.170. The first-order chi connectivity index (χ1) is 9.97. The van der Waals surface area contributed by atoms with E-state index in [1.54, 1.807) is 0 Å². The summed E-state index contributed by atoms with van der Waals surface area (Å²) >= 11 is 10.9. The number of hydrogen-bond donors (Lipinski definition) is 1. The molecule has 21 heavy (non-hydrogen) atoms. The molecule has 1 unspecified atom stereocenters. The number of aryl methyl sites for hydroxylation is 2. The fourth-order valence-corrected chi connectivity index (χ4v) is 3.75. The van der Waals surface area contributed by atoms with Crippen molar-refractivity contribution < 1.29 is 0 Å². The van der Waals surface area contributed by atoms with Crippen molar-refractivity contribution in [2.24, 2.45) is 0 Å². The third-order valence-corrected chi connectivity index (χ3v) is 5.78. The topological polar surface area (TPSA) is 29.9 Å². The Morgan fingerprint density at radius 2 is 2.00 bits per heavy atom. The standard InChI is InChI=1S/C15H18Br3N3/c1-4-21-14(15(18)9(2)20-21)8-13(19-3)11-7-10(16)5-6-12(11)17/h5-7,13,19H,4,8H2,1-3H3. The first kappa shape index (κ1) is 17.2. The van der Waals surface area contributed by atoms with Gasteiger partial charge in [-0.15, -0.1) is 0 Å². The maximum Gasteiger partial charge on any atom is 0.0738 e. The minimum atomic E-state index is 0.217. The predicted molar refractivity (Wildman–Crippen MR) is 97.7 cm³/mol. The van der Waals surface area contributed by atoms with Gasteiger partial charge in [-0.2, -0.15) is 5.10 Å². The lowest BCUT2D eigenvalue weighted by molar-refractivity contribution is 0.538. The van der Waals surface area contributed by atoms with Gasteiger partial charge in [0.1, 0.15) is 0 Å². The molecule has 1 aromatic carbocycles. The molecule has 0 aliphatic rings. The van der Waals surface area contributed by atoms with Gasteiger partial charge in [-0.3, -0.25) is 4.68 Å². The molecular weight excluding hydrogens is 462 g/mol. The van der Waals surface area contributed by atoms with Gasteiger partial charge >= 0.3 is 0 Å². The maximum atomic E-state index is 4.57. The van der Waals surface area contributed by atoms with Crippen LogP contribution in [0.4, 0.5) is 0 Å². The van der Waals surface area contributed by atoms with E-state index < -0.39 is 0 Å². The zero-order valence-corrected chi connectivity index (χ0v) is 17.0. The molecule has 1 N–H and O–H groups in total. The highest BCUT2D eigenvalue weighted by Crippen LogP contribution is 2.31. The molecule has 1 aromatic heterocycles. The van der Waals surface area contributed by atoms with E-state index in [0.29, 0.717) is 0 Å². The van der Waals surface area contributed by atoms with Crippen LogP contribution in [0.5, 0.6) is 0 Å². The van der Waals surface area contributed by atoms with Gasteiger partial charge in [0.25, 0.3) is 0 Å². The number of nitrogens with one attached hydrogen (secondary N) is 1. The summed E-state index contributed by atoms with van der Waals surface area (Å²) in [5.74, 6) is 0. The third-order valence-electron chi connectivity index (χ3n) is 3.53. The smallest absolute Gasteiger partial charge is 0.0738 e. The van der Waals surface area contributed by atoms with E-state index in [1.165, 1.54) is 11.3 Å². The first-order valence-electron chi connectivity index (χ1n) is 6.81. The zero-order valence-electron chi connectivity index (χ0n) is 12.3. The second kappa shape index (κ2) is 7.40. The zero-order chi connectivity index (χ0) is 15.6. The SMILES string of the molecule is CCn1nc(C)c(Br)c1CC(NC)c1cc(Br)ccc1Br. The molecule has 0 aliphatic heterocycles. The quantitative estimate of drug-likeness (QED) is 0.653. The number of halogens is 3. The molecule has 0 radical (unpaired) electrons. The lowest BCUT2D eigenvalue weighted by Gasteiger charge is -2.19. The summed E-state index contributed by atoms with van der Waals surface area (Å²) in [7, 11) is 1.99. The summed E-state index contributed by atoms with van der Waals surface area (Å²) in [6, 6.07) is 6.48. The van der Waals surface area contributed by atoms with E-state index in [4.69, 9.17) is 0 Å². The van der Waals surface area contributed by atoms with E-state index in [9.17, 15) is 0 Å². The van der Waals surface area contributed by atoms with Gasteiger partial charge in [0.2, 0.25) is 0 Å². The van der Waals surface area contributed by atoms with Crippen LogP contribution in [-0.4, -0.2) is 16.8 Å². The minimum Gasteiger partial charge on any atom is -0.313 e. The van der Waals surface area contributed by atoms with Crippen LogP contribution >= 0.6 is 47.8 Å². The first-order valence-corrected chi connectivity index (χ1v) is 9.19. The van der Waals surface area contributed by atoms with Crippen LogP contribution in [0.2, 0.25) is 0 Å². The lowest BCUT2D eigenvalue weighted by Crippen LogP contribution is -2.21. The average molecular weight is 480 g/mol. The third kappa shape index (κ3) is 3.78. The Morgan fingerprint density at radius 3 is 2.62 bits per heavy atom. The number of aromatic nitrogens is 2. The number of hydrogen-bond acceptors (Lipinski definition) is 2. The maximum absolute atomic E-state index is 4.57. The van der Waals surface area contributed by atoms with Gasteiger partial charge < -0.3 is 5.32 Å². The van der Waals surface area contributed by atoms with E-state index in [2.05, 4.69) is 81.9 Å². The Labute approximate surface area is 150 Å². The van der Waals surface area contributed by atoms with Crippen LogP contribution in [0, 0.1) is 6.92 Å². The monoisotopic (exact) mass is 477 g/mol. The molecular formula is C15H18Br3N3. The van der Waals surface area contributed by atoms with Gasteiger partial charge in [-0.25, -0.2) is 0 Å². The molecule has 1 heterocycles. The molecule has 6 heteroatoms. The van der Waals surface area contributed by atoms with Crippen molar-refractivity contribution in [3.8, 4) is 0 Å². The van der Waals surface area contributed by atoms with Crippen LogP contribution in [-0.2, 0) is 13.0 Å². The van der Waals surface area contributed by atoms with Crippen molar-refractivity contribution in [2.75, 3.05) is 7.05 Å². The average Bonchev–Trinajstić information content (AvgIpc) is 2.74. The molecule has 0 amide bonds. The van der Waals surface area contributed by atoms with Crippen molar-refractivity contribution >= 4 is 47.8 Å². The second-order valence-corrected chi connectivity index (χ2v) is 7.44. The molecule has 3 nitrogen and oxygen atoms in total. The van der Waals surface area contributed by atoms with Crippen LogP contribution in [0.3, 0.4) is 0 Å². The number of benzene rings is 1. The molecule has 2 rings (SSSR count). The lowest BCUT2D eigenvalue weighted by atomic mass is 10.0. The minimum absolute atomic E-state index is 0.217. The molecule has 0 bridgehead atoms. The van der Waals surface area contributed by atoms with E-state index in [1.807, 2.05) is 20.0 Å². The van der Waals surface area contributed by atoms with Crippen molar-refractivity contribution in [1.82, 2.24) is 15.1 Å². The van der Waals surface area contributed by atoms with Crippen LogP contribution in [0.25, 0.3) is 0 Å². The molecule has 1 atom stereocenters. The van der Waals surface area contributed by atoms with Gasteiger partial charge in [-0.05, 0) is 60.6 Å². The number of rotatable bonds is 5. The number of likely N-dealkylation sites (N-methyl/N-ethyl adjacent to an activating group) is 1. The normalized spacial score (nSPS) is 12.7. The fourth-order valence-electron chi connectivity index (χ4n) is 2.41. The highest BCUT2D eigenvalue weighted by molar-refractivity contribution is 9.11. The van der Waals surface area contributed by atoms with Crippen LogP contribution in [0.1, 0.15) is 29.9 Å². The Morgan fingerprint density at radius 1 is 1.29 bits per heavy atom. The van der Waals surface area contributed by atoms with E-state index in [0.717, 1.165) is 32.1 Å². The van der Waals surface area contributed by atoms with Gasteiger partial charge in [0.15, 0.2) is 0 Å².